The van der Waals surface area contributed by atoms with Gasteiger partial charge in [-0.3, -0.25) is 14.3 Å². The largest absolute Gasteiger partial charge is 0.490 e. The summed E-state index contributed by atoms with van der Waals surface area (Å²) >= 11 is 0. The van der Waals surface area contributed by atoms with Crippen LogP contribution in [0, 0.1) is 0 Å². The lowest BCUT2D eigenvalue weighted by atomic mass is 9.86. The van der Waals surface area contributed by atoms with Crippen LogP contribution in [0.15, 0.2) is 22.8 Å². The summed E-state index contributed by atoms with van der Waals surface area (Å²) in [5.74, 6) is -3.57. The van der Waals surface area contributed by atoms with Crippen molar-refractivity contribution < 1.29 is 60.1 Å². The normalized spacial score (nSPS) is 16.5. The van der Waals surface area contributed by atoms with Crippen LogP contribution in [0.2, 0.25) is 0 Å². The first-order valence-corrected chi connectivity index (χ1v) is 12.3. The number of carbonyl (C=O) groups excluding carboxylic acids is 1. The number of nitrogens with zero attached hydrogens (tertiary/aromatic N) is 5. The van der Waals surface area contributed by atoms with Crippen LogP contribution in [0.5, 0.6) is 0 Å². The van der Waals surface area contributed by atoms with Crippen molar-refractivity contribution in [2.75, 3.05) is 46.9 Å². The van der Waals surface area contributed by atoms with Crippen molar-refractivity contribution in [2.45, 2.75) is 43.9 Å². The second kappa shape index (κ2) is 14.5. The van der Waals surface area contributed by atoms with Crippen LogP contribution < -0.4 is 5.32 Å². The summed E-state index contributed by atoms with van der Waals surface area (Å²) in [6.07, 6.45) is -6.69. The van der Waals surface area contributed by atoms with E-state index in [-0.39, 0.29) is 11.4 Å². The van der Waals surface area contributed by atoms with E-state index in [0.29, 0.717) is 25.6 Å². The Balaban J connectivity index is 0.000000367. The molecule has 0 saturated carbocycles. The monoisotopic (exact) mass is 616 g/mol. The van der Waals surface area contributed by atoms with Crippen molar-refractivity contribution in [1.82, 2.24) is 29.9 Å². The maximum absolute atomic E-state index is 12.7. The molecule has 19 heteroatoms. The number of carbonyl (C=O) groups is 3. The van der Waals surface area contributed by atoms with Crippen LogP contribution in [-0.4, -0.2) is 112 Å². The number of nitrogens with one attached hydrogen (secondary N) is 1. The minimum atomic E-state index is -5.08. The molecule has 0 radical (unpaired) electrons. The Bertz CT molecular complexity index is 1150. The van der Waals surface area contributed by atoms with Gasteiger partial charge < -0.3 is 29.6 Å². The van der Waals surface area contributed by atoms with E-state index in [2.05, 4.69) is 20.4 Å². The highest BCUT2D eigenvalue weighted by atomic mass is 19.4. The number of carboxylic acid groups (broad SMARTS) is 2. The number of aliphatic carboxylic acids is 2. The summed E-state index contributed by atoms with van der Waals surface area (Å²) in [5, 5.41) is 25.7. The van der Waals surface area contributed by atoms with E-state index in [9.17, 15) is 31.1 Å². The molecule has 0 unspecified atom stereocenters. The van der Waals surface area contributed by atoms with Gasteiger partial charge in [-0.15, -0.1) is 10.2 Å². The summed E-state index contributed by atoms with van der Waals surface area (Å²) < 4.78 is 76.8. The highest BCUT2D eigenvalue weighted by Crippen LogP contribution is 2.36. The van der Waals surface area contributed by atoms with Gasteiger partial charge in [0.1, 0.15) is 12.4 Å². The number of amides is 1. The molecule has 236 valence electrons. The third-order valence-electron chi connectivity index (χ3n) is 6.09. The van der Waals surface area contributed by atoms with Gasteiger partial charge in [0.2, 0.25) is 5.82 Å². The molecule has 2 aromatic heterocycles. The van der Waals surface area contributed by atoms with Crippen molar-refractivity contribution in [3.63, 3.8) is 0 Å². The Morgan fingerprint density at radius 3 is 2.10 bits per heavy atom. The molecule has 13 nitrogen and oxygen atoms in total. The first-order chi connectivity index (χ1) is 19.5. The lowest BCUT2D eigenvalue weighted by molar-refractivity contribution is -0.193. The molecule has 1 saturated heterocycles. The summed E-state index contributed by atoms with van der Waals surface area (Å²) in [5.41, 5.74) is -0.259. The third kappa shape index (κ3) is 9.98. The van der Waals surface area contributed by atoms with E-state index in [0.717, 1.165) is 50.6 Å². The predicted octanol–water partition coefficient (Wildman–Crippen LogP) is 1.95. The van der Waals surface area contributed by atoms with Crippen LogP contribution in [0.25, 0.3) is 0 Å². The lowest BCUT2D eigenvalue weighted by Gasteiger charge is -2.45. The average molecular weight is 617 g/mol. The Morgan fingerprint density at radius 2 is 1.62 bits per heavy atom. The van der Waals surface area contributed by atoms with Crippen molar-refractivity contribution >= 4 is 17.8 Å². The molecule has 1 amide bonds. The van der Waals surface area contributed by atoms with Crippen molar-refractivity contribution in [3.8, 4) is 0 Å². The summed E-state index contributed by atoms with van der Waals surface area (Å²) in [6.45, 7) is 4.96. The van der Waals surface area contributed by atoms with E-state index in [1.54, 1.807) is 6.26 Å². The molecule has 2 aliphatic heterocycles. The van der Waals surface area contributed by atoms with Crippen molar-refractivity contribution in [2.24, 2.45) is 0 Å². The number of hydrogen-bond donors (Lipinski definition) is 3. The van der Waals surface area contributed by atoms with Gasteiger partial charge in [-0.25, -0.2) is 9.59 Å². The van der Waals surface area contributed by atoms with E-state index < -0.39 is 24.3 Å². The number of carboxylic acids is 2. The molecule has 1 fully saturated rings. The number of hydrogen-bond acceptors (Lipinski definition) is 9. The number of rotatable bonds is 6. The fourth-order valence-electron chi connectivity index (χ4n) is 4.04. The van der Waals surface area contributed by atoms with Crippen LogP contribution in [0.4, 0.5) is 26.3 Å². The number of likely N-dealkylation sites (N-methyl/N-ethyl adjacent to an activating group) is 1. The fourth-order valence-corrected chi connectivity index (χ4v) is 4.04. The Labute approximate surface area is 235 Å². The molecular weight excluding hydrogens is 586 g/mol. The number of halogens is 6. The van der Waals surface area contributed by atoms with Crippen LogP contribution in [-0.2, 0) is 33.0 Å². The number of ether oxygens (including phenoxy) is 1. The number of alkyl halides is 6. The van der Waals surface area contributed by atoms with Gasteiger partial charge in [-0.1, -0.05) is 0 Å². The summed E-state index contributed by atoms with van der Waals surface area (Å²) in [7, 11) is 3.96. The number of furan rings is 1. The second-order valence-corrected chi connectivity index (χ2v) is 9.51. The Morgan fingerprint density at radius 1 is 1.05 bits per heavy atom. The van der Waals surface area contributed by atoms with Gasteiger partial charge in [-0.05, 0) is 39.1 Å². The van der Waals surface area contributed by atoms with E-state index >= 15 is 0 Å². The molecule has 42 heavy (non-hydrogen) atoms. The van der Waals surface area contributed by atoms with E-state index in [1.165, 1.54) is 0 Å². The molecule has 0 atom stereocenters. The summed E-state index contributed by atoms with van der Waals surface area (Å²) in [4.78, 5) is 34.9. The predicted molar refractivity (Wildman–Crippen MR) is 129 cm³/mol. The molecule has 1 spiro atoms. The smallest absolute Gasteiger partial charge is 0.475 e. The number of fused-ring (bicyclic) bond motifs is 2. The average Bonchev–Trinajstić information content (AvgIpc) is 3.56. The first kappa shape index (κ1) is 34.5. The molecule has 3 N–H and O–H groups in total. The highest BCUT2D eigenvalue weighted by Gasteiger charge is 2.44. The van der Waals surface area contributed by atoms with Gasteiger partial charge in [-0.2, -0.15) is 26.3 Å². The minimum absolute atomic E-state index is 0.167. The fraction of sp³-hybridized carbons (Fsp3) is 0.609. The zero-order valence-electron chi connectivity index (χ0n) is 22.5. The number of aromatic nitrogens is 3. The zero-order chi connectivity index (χ0) is 31.7. The topological polar surface area (TPSA) is 163 Å². The van der Waals surface area contributed by atoms with Crippen LogP contribution >= 0.6 is 0 Å². The SMILES string of the molecule is CN(C)CCNC(=O)c1nnc2n1C1(CCN(Cc3ccco3)CC1)COC2.O=C(O)C(F)(F)F.O=C(O)C(F)(F)F. The molecule has 0 bridgehead atoms. The number of likely N-dealkylation sites (tertiary alicyclic amines) is 1. The molecule has 4 heterocycles. The zero-order valence-corrected chi connectivity index (χ0v) is 22.5. The first-order valence-electron chi connectivity index (χ1n) is 12.3. The molecule has 2 aromatic rings. The lowest BCUT2D eigenvalue weighted by Crippen LogP contribution is -2.52. The molecule has 2 aliphatic rings. The quantitative estimate of drug-likeness (QED) is 0.407. The van der Waals surface area contributed by atoms with Crippen molar-refractivity contribution in [3.05, 3.63) is 35.8 Å². The summed E-state index contributed by atoms with van der Waals surface area (Å²) in [6, 6.07) is 3.92. The highest BCUT2D eigenvalue weighted by molar-refractivity contribution is 5.90. The van der Waals surface area contributed by atoms with Gasteiger partial charge in [0.25, 0.3) is 5.91 Å². The molecule has 0 aliphatic carbocycles. The van der Waals surface area contributed by atoms with E-state index in [4.69, 9.17) is 29.0 Å². The van der Waals surface area contributed by atoms with Gasteiger partial charge in [0, 0.05) is 26.2 Å². The Hall–Kier alpha value is -3.71. The standard InChI is InChI=1S/C19H28N6O3.2C2HF3O2/c1-23(2)10-7-20-18(26)17-22-21-16-13-27-14-19(25(16)17)5-8-24(9-6-19)12-15-4-3-11-28-15;2*3-2(4,5)1(6)7/h3-4,11H,5-10,12-14H2,1-2H3,(H,20,26);2*(H,6,7). The maximum Gasteiger partial charge on any atom is 0.490 e. The van der Waals surface area contributed by atoms with Gasteiger partial charge in [0.15, 0.2) is 5.82 Å². The molecule has 0 aromatic carbocycles. The van der Waals surface area contributed by atoms with E-state index in [1.807, 2.05) is 35.7 Å². The van der Waals surface area contributed by atoms with Crippen LogP contribution in [0.1, 0.15) is 35.0 Å². The van der Waals surface area contributed by atoms with Crippen LogP contribution in [0.3, 0.4) is 0 Å². The molecule has 4 rings (SSSR count). The third-order valence-corrected chi connectivity index (χ3v) is 6.09. The maximum atomic E-state index is 12.7. The molecular formula is C23H30F6N6O7. The minimum Gasteiger partial charge on any atom is -0.475 e. The number of piperidine rings is 1. The van der Waals surface area contributed by atoms with Gasteiger partial charge in [0.05, 0.1) is 25.0 Å². The Kier molecular flexibility index (Phi) is 11.9. The second-order valence-electron chi connectivity index (χ2n) is 9.51. The van der Waals surface area contributed by atoms with Gasteiger partial charge >= 0.3 is 24.3 Å². The van der Waals surface area contributed by atoms with Crippen molar-refractivity contribution in [1.29, 1.82) is 0 Å².